The van der Waals surface area contributed by atoms with Crippen LogP contribution in [0, 0.1) is 11.3 Å². The zero-order chi connectivity index (χ0) is 12.4. The number of hydrogen-bond donors (Lipinski definition) is 2. The van der Waals surface area contributed by atoms with Crippen LogP contribution in [0.2, 0.25) is 0 Å². The van der Waals surface area contributed by atoms with Gasteiger partial charge in [-0.05, 0) is 30.6 Å². The van der Waals surface area contributed by atoms with E-state index in [0.29, 0.717) is 23.9 Å². The van der Waals surface area contributed by atoms with Gasteiger partial charge in [0.2, 0.25) is 10.0 Å². The van der Waals surface area contributed by atoms with E-state index in [2.05, 4.69) is 26.1 Å². The van der Waals surface area contributed by atoms with E-state index in [1.165, 1.54) is 12.8 Å². The summed E-state index contributed by atoms with van der Waals surface area (Å²) in [5.74, 6) is 0.629. The van der Waals surface area contributed by atoms with Crippen LogP contribution < -0.4 is 10.5 Å². The summed E-state index contributed by atoms with van der Waals surface area (Å²) in [5, 5.41) is 8.27. The first kappa shape index (κ1) is 13.9. The summed E-state index contributed by atoms with van der Waals surface area (Å²) in [6, 6.07) is 0.440. The van der Waals surface area contributed by atoms with Crippen molar-refractivity contribution < 1.29 is 8.42 Å². The molecule has 0 aromatic heterocycles. The third-order valence-electron chi connectivity index (χ3n) is 3.49. The van der Waals surface area contributed by atoms with Crippen molar-refractivity contribution in [2.75, 3.05) is 12.3 Å². The Morgan fingerprint density at radius 2 is 2.06 bits per heavy atom. The normalized spacial score (nSPS) is 30.2. The van der Waals surface area contributed by atoms with Gasteiger partial charge >= 0.3 is 0 Å². The molecule has 2 unspecified atom stereocenters. The number of hydrogen-bond acceptors (Lipinski definition) is 3. The molecule has 0 aliphatic heterocycles. The van der Waals surface area contributed by atoms with E-state index >= 15 is 0 Å². The molecule has 1 aliphatic rings. The minimum Gasteiger partial charge on any atom is -0.313 e. The van der Waals surface area contributed by atoms with Crippen molar-refractivity contribution >= 4 is 10.0 Å². The Labute approximate surface area is 99.0 Å². The van der Waals surface area contributed by atoms with Crippen LogP contribution in [-0.2, 0) is 10.0 Å². The predicted molar refractivity (Wildman–Crippen MR) is 66.6 cm³/mol. The van der Waals surface area contributed by atoms with Crippen molar-refractivity contribution in [3.63, 3.8) is 0 Å². The maximum atomic E-state index is 10.8. The molecule has 0 radical (unpaired) electrons. The van der Waals surface area contributed by atoms with Crippen molar-refractivity contribution in [1.82, 2.24) is 5.32 Å². The standard InChI is InChI=1S/C11H24N2O2S/c1-9-8-11(2,3)5-4-10(9)13-6-7-16(12,14)15/h9-10,13H,4-8H2,1-3H3,(H2,12,14,15). The summed E-state index contributed by atoms with van der Waals surface area (Å²) >= 11 is 0. The van der Waals surface area contributed by atoms with Crippen molar-refractivity contribution in [2.24, 2.45) is 16.5 Å². The molecule has 0 spiro atoms. The molecule has 1 aliphatic carbocycles. The second-order valence-corrected chi connectivity index (χ2v) is 7.55. The number of primary sulfonamides is 1. The molecular formula is C11H24N2O2S. The second-order valence-electron chi connectivity index (χ2n) is 5.81. The van der Waals surface area contributed by atoms with Crippen LogP contribution >= 0.6 is 0 Å². The highest BCUT2D eigenvalue weighted by Crippen LogP contribution is 2.38. The van der Waals surface area contributed by atoms with Crippen LogP contribution in [0.25, 0.3) is 0 Å². The molecule has 0 saturated heterocycles. The van der Waals surface area contributed by atoms with Crippen molar-refractivity contribution in [1.29, 1.82) is 0 Å². The second kappa shape index (κ2) is 5.02. The Morgan fingerprint density at radius 3 is 2.56 bits per heavy atom. The smallest absolute Gasteiger partial charge is 0.210 e. The maximum absolute atomic E-state index is 10.8. The predicted octanol–water partition coefficient (Wildman–Crippen LogP) is 1.08. The summed E-state index contributed by atoms with van der Waals surface area (Å²) in [4.78, 5) is 0. The third kappa shape index (κ3) is 4.80. The van der Waals surface area contributed by atoms with Gasteiger partial charge in [0.05, 0.1) is 5.75 Å². The largest absolute Gasteiger partial charge is 0.313 e. The van der Waals surface area contributed by atoms with Crippen molar-refractivity contribution in [3.05, 3.63) is 0 Å². The van der Waals surface area contributed by atoms with Gasteiger partial charge in [-0.3, -0.25) is 0 Å². The van der Waals surface area contributed by atoms with Gasteiger partial charge < -0.3 is 5.32 Å². The van der Waals surface area contributed by atoms with Gasteiger partial charge in [-0.15, -0.1) is 0 Å². The highest BCUT2D eigenvalue weighted by atomic mass is 32.2. The fourth-order valence-electron chi connectivity index (χ4n) is 2.64. The minimum atomic E-state index is -3.33. The molecule has 3 N–H and O–H groups in total. The van der Waals surface area contributed by atoms with E-state index in [0.717, 1.165) is 6.42 Å². The van der Waals surface area contributed by atoms with Crippen LogP contribution in [0.3, 0.4) is 0 Å². The SMILES string of the molecule is CC1CC(C)(C)CCC1NCCS(N)(=O)=O. The van der Waals surface area contributed by atoms with Crippen LogP contribution in [0.1, 0.15) is 40.0 Å². The topological polar surface area (TPSA) is 72.2 Å². The molecule has 0 heterocycles. The van der Waals surface area contributed by atoms with Gasteiger partial charge in [-0.2, -0.15) is 0 Å². The van der Waals surface area contributed by atoms with Crippen molar-refractivity contribution in [3.8, 4) is 0 Å². The Bertz CT molecular complexity index is 325. The maximum Gasteiger partial charge on any atom is 0.210 e. The van der Waals surface area contributed by atoms with E-state index < -0.39 is 10.0 Å². The zero-order valence-corrected chi connectivity index (χ0v) is 11.3. The minimum absolute atomic E-state index is 0.0274. The van der Waals surface area contributed by atoms with Gasteiger partial charge in [0.25, 0.3) is 0 Å². The molecule has 0 aromatic carbocycles. The van der Waals surface area contributed by atoms with E-state index in [9.17, 15) is 8.42 Å². The first-order valence-electron chi connectivity index (χ1n) is 5.93. The number of nitrogens with two attached hydrogens (primary N) is 1. The fraction of sp³-hybridized carbons (Fsp3) is 1.00. The molecule has 0 aromatic rings. The molecule has 16 heavy (non-hydrogen) atoms. The Kier molecular flexibility index (Phi) is 4.37. The molecule has 1 saturated carbocycles. The number of rotatable bonds is 4. The highest BCUT2D eigenvalue weighted by Gasteiger charge is 2.31. The molecule has 0 amide bonds. The summed E-state index contributed by atoms with van der Waals surface area (Å²) in [5.41, 5.74) is 0.428. The van der Waals surface area contributed by atoms with Crippen LogP contribution in [0.15, 0.2) is 0 Å². The molecule has 1 fully saturated rings. The van der Waals surface area contributed by atoms with Crippen molar-refractivity contribution in [2.45, 2.75) is 46.1 Å². The van der Waals surface area contributed by atoms with E-state index in [1.54, 1.807) is 0 Å². The lowest BCUT2D eigenvalue weighted by atomic mass is 9.70. The van der Waals surface area contributed by atoms with Gasteiger partial charge in [0, 0.05) is 12.6 Å². The molecule has 5 heteroatoms. The lowest BCUT2D eigenvalue weighted by molar-refractivity contribution is 0.150. The molecule has 0 bridgehead atoms. The molecule has 4 nitrogen and oxygen atoms in total. The van der Waals surface area contributed by atoms with Gasteiger partial charge in [-0.25, -0.2) is 13.6 Å². The van der Waals surface area contributed by atoms with Crippen LogP contribution in [0.4, 0.5) is 0 Å². The number of nitrogens with one attached hydrogen (secondary N) is 1. The van der Waals surface area contributed by atoms with Gasteiger partial charge in [0.15, 0.2) is 0 Å². The zero-order valence-electron chi connectivity index (χ0n) is 10.5. The third-order valence-corrected chi connectivity index (χ3v) is 4.26. The fourth-order valence-corrected chi connectivity index (χ4v) is 3.04. The Balaban J connectivity index is 2.34. The molecule has 1 rings (SSSR count). The molecular weight excluding hydrogens is 224 g/mol. The molecule has 96 valence electrons. The van der Waals surface area contributed by atoms with Crippen LogP contribution in [-0.4, -0.2) is 26.8 Å². The van der Waals surface area contributed by atoms with Gasteiger partial charge in [-0.1, -0.05) is 20.8 Å². The lowest BCUT2D eigenvalue weighted by Gasteiger charge is -2.39. The first-order chi connectivity index (χ1) is 7.20. The first-order valence-corrected chi connectivity index (χ1v) is 7.65. The monoisotopic (exact) mass is 248 g/mol. The van der Waals surface area contributed by atoms with E-state index in [4.69, 9.17) is 5.14 Å². The Hall–Kier alpha value is -0.130. The van der Waals surface area contributed by atoms with E-state index in [-0.39, 0.29) is 5.75 Å². The van der Waals surface area contributed by atoms with E-state index in [1.807, 2.05) is 0 Å². The summed E-state index contributed by atoms with van der Waals surface area (Å²) in [6.45, 7) is 7.29. The average Bonchev–Trinajstić information content (AvgIpc) is 2.06. The highest BCUT2D eigenvalue weighted by molar-refractivity contribution is 7.89. The Morgan fingerprint density at radius 1 is 1.44 bits per heavy atom. The summed E-state index contributed by atoms with van der Waals surface area (Å²) < 4.78 is 21.6. The summed E-state index contributed by atoms with van der Waals surface area (Å²) in [6.07, 6.45) is 3.52. The summed E-state index contributed by atoms with van der Waals surface area (Å²) in [7, 11) is -3.33. The van der Waals surface area contributed by atoms with Crippen LogP contribution in [0.5, 0.6) is 0 Å². The number of sulfonamides is 1. The quantitative estimate of drug-likeness (QED) is 0.782. The lowest BCUT2D eigenvalue weighted by Crippen LogP contribution is -2.43. The molecule has 2 atom stereocenters. The van der Waals surface area contributed by atoms with Gasteiger partial charge in [0.1, 0.15) is 0 Å². The average molecular weight is 248 g/mol.